The molecule has 3 aromatic rings. The molecule has 0 fully saturated rings. The monoisotopic (exact) mass is 412 g/mol. The first kappa shape index (κ1) is 20.8. The van der Waals surface area contributed by atoms with Crippen molar-refractivity contribution in [1.82, 2.24) is 4.98 Å². The van der Waals surface area contributed by atoms with E-state index in [1.165, 1.54) is 0 Å². The highest BCUT2D eigenvalue weighted by molar-refractivity contribution is 7.92. The number of aryl methyl sites for hydroxylation is 1. The number of hydrogen-bond donors (Lipinski definition) is 3. The van der Waals surface area contributed by atoms with Gasteiger partial charge >= 0.3 is 0 Å². The molecule has 0 saturated carbocycles. The Balaban J connectivity index is 1.73. The van der Waals surface area contributed by atoms with Gasteiger partial charge in [0.25, 0.3) is 0 Å². The standard InChI is InChI=1S/C22H24N2O4S/c1-15-3-5-18(6-4-15)22(26)21-12-11-20(23-21)16(2)17-7-9-19(10-8-17)24-29(27,28)14-13-25/h3-12,16,23-25H,13-14H2,1-2H3. The van der Waals surface area contributed by atoms with Crippen molar-refractivity contribution in [3.05, 3.63) is 88.7 Å². The molecule has 0 aliphatic rings. The van der Waals surface area contributed by atoms with Crippen LogP contribution in [0.3, 0.4) is 0 Å². The van der Waals surface area contributed by atoms with Gasteiger partial charge in [0.1, 0.15) is 0 Å². The summed E-state index contributed by atoms with van der Waals surface area (Å²) in [5.41, 5.74) is 4.58. The van der Waals surface area contributed by atoms with Gasteiger partial charge in [0.2, 0.25) is 15.8 Å². The van der Waals surface area contributed by atoms with Crippen molar-refractivity contribution in [3.8, 4) is 0 Å². The van der Waals surface area contributed by atoms with Crippen LogP contribution in [0.1, 0.15) is 45.7 Å². The molecule has 0 radical (unpaired) electrons. The van der Waals surface area contributed by atoms with E-state index in [0.717, 1.165) is 16.8 Å². The fraction of sp³-hybridized carbons (Fsp3) is 0.227. The Labute approximate surface area is 170 Å². The zero-order valence-corrected chi connectivity index (χ0v) is 17.2. The third-order valence-electron chi connectivity index (χ3n) is 4.78. The highest BCUT2D eigenvalue weighted by atomic mass is 32.2. The molecule has 2 aromatic carbocycles. The van der Waals surface area contributed by atoms with Crippen LogP contribution in [0.15, 0.2) is 60.7 Å². The zero-order valence-electron chi connectivity index (χ0n) is 16.3. The minimum absolute atomic E-state index is 0.00216. The third kappa shape index (κ3) is 5.13. The summed E-state index contributed by atoms with van der Waals surface area (Å²) in [7, 11) is -3.55. The first-order valence-corrected chi connectivity index (χ1v) is 11.0. The van der Waals surface area contributed by atoms with Gasteiger partial charge in [-0.25, -0.2) is 8.42 Å². The van der Waals surface area contributed by atoms with E-state index in [2.05, 4.69) is 9.71 Å². The van der Waals surface area contributed by atoms with Gasteiger partial charge in [-0.05, 0) is 36.8 Å². The van der Waals surface area contributed by atoms with E-state index < -0.39 is 16.6 Å². The summed E-state index contributed by atoms with van der Waals surface area (Å²) in [5.74, 6) is -0.402. The average molecular weight is 413 g/mol. The second-order valence-corrected chi connectivity index (χ2v) is 8.85. The number of aliphatic hydroxyl groups excluding tert-OH is 1. The number of carbonyl (C=O) groups excluding carboxylic acids is 1. The maximum absolute atomic E-state index is 12.6. The second-order valence-electron chi connectivity index (χ2n) is 7.01. The number of rotatable bonds is 8. The molecule has 1 unspecified atom stereocenters. The minimum Gasteiger partial charge on any atom is -0.395 e. The Morgan fingerprint density at radius 2 is 1.69 bits per heavy atom. The predicted octanol–water partition coefficient (Wildman–Crippen LogP) is 3.44. The lowest BCUT2D eigenvalue weighted by Crippen LogP contribution is -2.18. The number of H-pyrrole nitrogens is 1. The SMILES string of the molecule is Cc1ccc(C(=O)c2ccc(C(C)c3ccc(NS(=O)(=O)CCO)cc3)[nH]2)cc1. The fourth-order valence-electron chi connectivity index (χ4n) is 3.03. The molecule has 0 aliphatic carbocycles. The first-order chi connectivity index (χ1) is 13.8. The molecule has 0 spiro atoms. The maximum Gasteiger partial charge on any atom is 0.234 e. The van der Waals surface area contributed by atoms with Crippen LogP contribution in [0.2, 0.25) is 0 Å². The number of aromatic amines is 1. The van der Waals surface area contributed by atoms with Gasteiger partial charge in [-0.1, -0.05) is 48.9 Å². The van der Waals surface area contributed by atoms with Crippen LogP contribution in [-0.4, -0.2) is 36.7 Å². The quantitative estimate of drug-likeness (QED) is 0.494. The molecule has 0 saturated heterocycles. The van der Waals surface area contributed by atoms with E-state index in [9.17, 15) is 13.2 Å². The number of aliphatic hydroxyl groups is 1. The number of benzene rings is 2. The average Bonchev–Trinajstić information content (AvgIpc) is 3.18. The smallest absolute Gasteiger partial charge is 0.234 e. The molecule has 29 heavy (non-hydrogen) atoms. The Kier molecular flexibility index (Phi) is 6.20. The summed E-state index contributed by atoms with van der Waals surface area (Å²) in [6.07, 6.45) is 0. The van der Waals surface area contributed by atoms with Crippen molar-refractivity contribution in [2.75, 3.05) is 17.1 Å². The van der Waals surface area contributed by atoms with Crippen LogP contribution >= 0.6 is 0 Å². The summed E-state index contributed by atoms with van der Waals surface area (Å²) in [6, 6.07) is 18.2. The molecule has 3 rings (SSSR count). The molecular weight excluding hydrogens is 388 g/mol. The molecule has 1 atom stereocenters. The van der Waals surface area contributed by atoms with Gasteiger partial charge < -0.3 is 10.1 Å². The Morgan fingerprint density at radius 1 is 1.03 bits per heavy atom. The number of ketones is 1. The molecule has 3 N–H and O–H groups in total. The summed E-state index contributed by atoms with van der Waals surface area (Å²) < 4.78 is 25.9. The van der Waals surface area contributed by atoms with E-state index in [0.29, 0.717) is 16.9 Å². The van der Waals surface area contributed by atoms with E-state index in [4.69, 9.17) is 5.11 Å². The van der Waals surface area contributed by atoms with Crippen molar-refractivity contribution >= 4 is 21.5 Å². The molecular formula is C22H24N2O4S. The van der Waals surface area contributed by atoms with Gasteiger partial charge in [0, 0.05) is 22.9 Å². The highest BCUT2D eigenvalue weighted by Gasteiger charge is 2.16. The van der Waals surface area contributed by atoms with Gasteiger partial charge in [0.15, 0.2) is 0 Å². The van der Waals surface area contributed by atoms with Crippen molar-refractivity contribution in [2.45, 2.75) is 19.8 Å². The van der Waals surface area contributed by atoms with Crippen molar-refractivity contribution in [1.29, 1.82) is 0 Å². The molecule has 152 valence electrons. The van der Waals surface area contributed by atoms with Gasteiger partial charge in [-0.2, -0.15) is 0 Å². The lowest BCUT2D eigenvalue weighted by molar-refractivity contribution is 0.103. The van der Waals surface area contributed by atoms with Crippen LogP contribution in [0.25, 0.3) is 0 Å². The zero-order chi connectivity index (χ0) is 21.0. The third-order valence-corrected chi connectivity index (χ3v) is 6.04. The highest BCUT2D eigenvalue weighted by Crippen LogP contribution is 2.25. The van der Waals surface area contributed by atoms with Gasteiger partial charge in [-0.3, -0.25) is 9.52 Å². The fourth-order valence-corrected chi connectivity index (χ4v) is 3.87. The van der Waals surface area contributed by atoms with Gasteiger partial charge in [0.05, 0.1) is 18.1 Å². The molecule has 1 heterocycles. The van der Waals surface area contributed by atoms with Crippen molar-refractivity contribution < 1.29 is 18.3 Å². The summed E-state index contributed by atoms with van der Waals surface area (Å²) in [4.78, 5) is 15.9. The number of sulfonamides is 1. The molecule has 0 bridgehead atoms. The van der Waals surface area contributed by atoms with E-state index >= 15 is 0 Å². The number of hydrogen-bond acceptors (Lipinski definition) is 4. The van der Waals surface area contributed by atoms with Crippen molar-refractivity contribution in [3.63, 3.8) is 0 Å². The van der Waals surface area contributed by atoms with Crippen LogP contribution < -0.4 is 4.72 Å². The van der Waals surface area contributed by atoms with Gasteiger partial charge in [-0.15, -0.1) is 0 Å². The Hall–Kier alpha value is -2.90. The van der Waals surface area contributed by atoms with Crippen LogP contribution in [0.5, 0.6) is 0 Å². The largest absolute Gasteiger partial charge is 0.395 e. The second kappa shape index (κ2) is 8.63. The van der Waals surface area contributed by atoms with Crippen LogP contribution in [-0.2, 0) is 10.0 Å². The molecule has 0 aliphatic heterocycles. The Bertz CT molecular complexity index is 1080. The lowest BCUT2D eigenvalue weighted by Gasteiger charge is -2.12. The number of aromatic nitrogens is 1. The normalized spacial score (nSPS) is 12.5. The van der Waals surface area contributed by atoms with E-state index in [-0.39, 0.29) is 17.5 Å². The molecule has 0 amide bonds. The van der Waals surface area contributed by atoms with Crippen molar-refractivity contribution in [2.24, 2.45) is 0 Å². The molecule has 7 heteroatoms. The first-order valence-electron chi connectivity index (χ1n) is 9.30. The number of carbonyl (C=O) groups is 1. The van der Waals surface area contributed by atoms with E-state index in [1.54, 1.807) is 18.2 Å². The number of anilines is 1. The topological polar surface area (TPSA) is 99.3 Å². The van der Waals surface area contributed by atoms with Crippen LogP contribution in [0, 0.1) is 6.92 Å². The summed E-state index contributed by atoms with van der Waals surface area (Å²) in [5, 5.41) is 8.80. The summed E-state index contributed by atoms with van der Waals surface area (Å²) in [6.45, 7) is 3.56. The summed E-state index contributed by atoms with van der Waals surface area (Å²) >= 11 is 0. The Morgan fingerprint density at radius 3 is 2.31 bits per heavy atom. The molecule has 1 aromatic heterocycles. The lowest BCUT2D eigenvalue weighted by atomic mass is 9.98. The number of nitrogens with one attached hydrogen (secondary N) is 2. The maximum atomic E-state index is 12.6. The van der Waals surface area contributed by atoms with Crippen LogP contribution in [0.4, 0.5) is 5.69 Å². The minimum atomic E-state index is -3.55. The molecule has 6 nitrogen and oxygen atoms in total. The predicted molar refractivity (Wildman–Crippen MR) is 114 cm³/mol. The van der Waals surface area contributed by atoms with E-state index in [1.807, 2.05) is 56.3 Å².